The summed E-state index contributed by atoms with van der Waals surface area (Å²) in [5, 5.41) is 10.9. The van der Waals surface area contributed by atoms with Gasteiger partial charge in [0.05, 0.1) is 7.11 Å². The lowest BCUT2D eigenvalue weighted by Gasteiger charge is -2.10. The molecule has 21 heavy (non-hydrogen) atoms. The highest BCUT2D eigenvalue weighted by Crippen LogP contribution is 2.26. The van der Waals surface area contributed by atoms with Crippen molar-refractivity contribution in [1.82, 2.24) is 5.32 Å². The van der Waals surface area contributed by atoms with E-state index in [1.165, 1.54) is 0 Å². The monoisotopic (exact) mass is 288 g/mol. The Bertz CT molecular complexity index is 626. The number of hydrogen-bond donors (Lipinski definition) is 3. The van der Waals surface area contributed by atoms with E-state index in [0.717, 1.165) is 5.75 Å². The van der Waals surface area contributed by atoms with Crippen molar-refractivity contribution in [3.8, 4) is 17.2 Å². The van der Waals surface area contributed by atoms with Gasteiger partial charge in [0.25, 0.3) is 0 Å². The number of benzene rings is 2. The molecule has 6 nitrogen and oxygen atoms in total. The number of ether oxygens (including phenoxy) is 2. The number of hydrogen-bond acceptors (Lipinski definition) is 4. The molecule has 2 rings (SSSR count). The highest BCUT2D eigenvalue weighted by molar-refractivity contribution is 5.65. The zero-order valence-corrected chi connectivity index (χ0v) is 11.5. The topological polar surface area (TPSA) is 93.8 Å². The van der Waals surface area contributed by atoms with Crippen LogP contribution in [0.4, 0.5) is 10.5 Å². The largest absolute Gasteiger partial charge is 0.497 e. The molecule has 110 valence electrons. The standard InChI is InChI=1S/C15H16N2O4/c1-20-11-2-4-12(5-3-11)21-13-6-7-14(16)10(8-13)9-17-15(18)19/h2-8,17H,9,16H2,1H3,(H,18,19). The van der Waals surface area contributed by atoms with Gasteiger partial charge in [0.15, 0.2) is 0 Å². The van der Waals surface area contributed by atoms with Gasteiger partial charge >= 0.3 is 6.09 Å². The Morgan fingerprint density at radius 2 is 1.76 bits per heavy atom. The first-order chi connectivity index (χ1) is 10.1. The van der Waals surface area contributed by atoms with Gasteiger partial charge in [0, 0.05) is 12.2 Å². The van der Waals surface area contributed by atoms with E-state index < -0.39 is 6.09 Å². The van der Waals surface area contributed by atoms with Gasteiger partial charge in [-0.1, -0.05) is 0 Å². The van der Waals surface area contributed by atoms with Gasteiger partial charge in [0.1, 0.15) is 17.2 Å². The quantitative estimate of drug-likeness (QED) is 0.735. The van der Waals surface area contributed by atoms with Crippen LogP contribution in [0.2, 0.25) is 0 Å². The fourth-order valence-corrected chi connectivity index (χ4v) is 1.75. The highest BCUT2D eigenvalue weighted by Gasteiger charge is 2.05. The smallest absolute Gasteiger partial charge is 0.404 e. The van der Waals surface area contributed by atoms with Crippen molar-refractivity contribution in [1.29, 1.82) is 0 Å². The summed E-state index contributed by atoms with van der Waals surface area (Å²) in [4.78, 5) is 10.5. The lowest BCUT2D eigenvalue weighted by molar-refractivity contribution is 0.194. The van der Waals surface area contributed by atoms with Crippen LogP contribution in [0.1, 0.15) is 5.56 Å². The summed E-state index contributed by atoms with van der Waals surface area (Å²) in [7, 11) is 1.59. The molecule has 6 heteroatoms. The number of amides is 1. The van der Waals surface area contributed by atoms with Crippen LogP contribution in [0.25, 0.3) is 0 Å². The van der Waals surface area contributed by atoms with Crippen molar-refractivity contribution in [2.45, 2.75) is 6.54 Å². The summed E-state index contributed by atoms with van der Waals surface area (Å²) in [6.45, 7) is 0.126. The average Bonchev–Trinajstić information content (AvgIpc) is 2.48. The molecule has 0 saturated carbocycles. The molecule has 0 atom stereocenters. The summed E-state index contributed by atoms with van der Waals surface area (Å²) < 4.78 is 10.8. The Kier molecular flexibility index (Phi) is 4.50. The second-order valence-electron chi connectivity index (χ2n) is 4.30. The van der Waals surface area contributed by atoms with Crippen molar-refractivity contribution < 1.29 is 19.4 Å². The zero-order valence-electron chi connectivity index (χ0n) is 11.5. The summed E-state index contributed by atoms with van der Waals surface area (Å²) in [6.07, 6.45) is -1.10. The van der Waals surface area contributed by atoms with Gasteiger partial charge in [-0.2, -0.15) is 0 Å². The fraction of sp³-hybridized carbons (Fsp3) is 0.133. The maximum atomic E-state index is 10.5. The van der Waals surface area contributed by atoms with Gasteiger partial charge in [0.2, 0.25) is 0 Å². The van der Waals surface area contributed by atoms with Gasteiger partial charge in [-0.05, 0) is 48.0 Å². The molecule has 0 aliphatic heterocycles. The number of methoxy groups -OCH3 is 1. The van der Waals surface area contributed by atoms with E-state index in [1.54, 1.807) is 49.6 Å². The first-order valence-electron chi connectivity index (χ1n) is 6.25. The van der Waals surface area contributed by atoms with Crippen LogP contribution >= 0.6 is 0 Å². The molecule has 0 heterocycles. The van der Waals surface area contributed by atoms with E-state index in [0.29, 0.717) is 22.7 Å². The van der Waals surface area contributed by atoms with E-state index in [-0.39, 0.29) is 6.54 Å². The van der Waals surface area contributed by atoms with Crippen molar-refractivity contribution in [2.75, 3.05) is 12.8 Å². The SMILES string of the molecule is COc1ccc(Oc2ccc(N)c(CNC(=O)O)c2)cc1. The molecule has 2 aromatic carbocycles. The minimum absolute atomic E-state index is 0.126. The fourth-order valence-electron chi connectivity index (χ4n) is 1.75. The summed E-state index contributed by atoms with van der Waals surface area (Å²) >= 11 is 0. The minimum Gasteiger partial charge on any atom is -0.497 e. The molecule has 0 aromatic heterocycles. The molecule has 0 spiro atoms. The first kappa shape index (κ1) is 14.5. The van der Waals surface area contributed by atoms with E-state index in [9.17, 15) is 4.79 Å². The molecule has 0 saturated heterocycles. The molecule has 0 fully saturated rings. The Hall–Kier alpha value is -2.89. The molecule has 0 aliphatic rings. The number of rotatable bonds is 5. The Balaban J connectivity index is 2.12. The van der Waals surface area contributed by atoms with Gasteiger partial charge in [-0.15, -0.1) is 0 Å². The lowest BCUT2D eigenvalue weighted by atomic mass is 10.1. The summed E-state index contributed by atoms with van der Waals surface area (Å²) in [5.74, 6) is 1.97. The number of anilines is 1. The van der Waals surface area contributed by atoms with Crippen LogP contribution < -0.4 is 20.5 Å². The molecule has 4 N–H and O–H groups in total. The first-order valence-corrected chi connectivity index (χ1v) is 6.25. The van der Waals surface area contributed by atoms with Crippen molar-refractivity contribution in [3.63, 3.8) is 0 Å². The van der Waals surface area contributed by atoms with Crippen LogP contribution in [-0.4, -0.2) is 18.3 Å². The van der Waals surface area contributed by atoms with Crippen LogP contribution in [0.5, 0.6) is 17.2 Å². The third-order valence-electron chi connectivity index (χ3n) is 2.84. The predicted molar refractivity (Wildman–Crippen MR) is 78.8 cm³/mol. The molecular formula is C15H16N2O4. The van der Waals surface area contributed by atoms with E-state index in [2.05, 4.69) is 5.32 Å². The van der Waals surface area contributed by atoms with Crippen molar-refractivity contribution in [2.24, 2.45) is 0 Å². The Morgan fingerprint density at radius 1 is 1.14 bits per heavy atom. The molecule has 0 bridgehead atoms. The molecular weight excluding hydrogens is 272 g/mol. The molecule has 0 radical (unpaired) electrons. The minimum atomic E-state index is -1.10. The predicted octanol–water partition coefficient (Wildman–Crippen LogP) is 2.84. The maximum Gasteiger partial charge on any atom is 0.404 e. The van der Waals surface area contributed by atoms with Crippen LogP contribution in [0.3, 0.4) is 0 Å². The highest BCUT2D eigenvalue weighted by atomic mass is 16.5. The van der Waals surface area contributed by atoms with Crippen LogP contribution in [-0.2, 0) is 6.54 Å². The van der Waals surface area contributed by atoms with E-state index >= 15 is 0 Å². The second kappa shape index (κ2) is 6.51. The number of nitrogen functional groups attached to an aromatic ring is 1. The average molecular weight is 288 g/mol. The maximum absolute atomic E-state index is 10.5. The normalized spacial score (nSPS) is 9.95. The van der Waals surface area contributed by atoms with Crippen molar-refractivity contribution in [3.05, 3.63) is 48.0 Å². The number of nitrogens with two attached hydrogens (primary N) is 1. The van der Waals surface area contributed by atoms with Gasteiger partial charge in [-0.3, -0.25) is 0 Å². The van der Waals surface area contributed by atoms with Gasteiger partial charge in [-0.25, -0.2) is 4.79 Å². The number of nitrogens with one attached hydrogen (secondary N) is 1. The van der Waals surface area contributed by atoms with Crippen LogP contribution in [0, 0.1) is 0 Å². The third-order valence-corrected chi connectivity index (χ3v) is 2.84. The Morgan fingerprint density at radius 3 is 2.38 bits per heavy atom. The van der Waals surface area contributed by atoms with Gasteiger partial charge < -0.3 is 25.6 Å². The molecule has 0 unspecified atom stereocenters. The van der Waals surface area contributed by atoms with E-state index in [1.807, 2.05) is 0 Å². The summed E-state index contributed by atoms with van der Waals surface area (Å²) in [6, 6.07) is 12.3. The molecule has 0 aliphatic carbocycles. The lowest BCUT2D eigenvalue weighted by Crippen LogP contribution is -2.20. The number of carboxylic acid groups (broad SMARTS) is 1. The molecule has 2 aromatic rings. The Labute approximate surface area is 122 Å². The van der Waals surface area contributed by atoms with Crippen LogP contribution in [0.15, 0.2) is 42.5 Å². The number of carbonyl (C=O) groups is 1. The van der Waals surface area contributed by atoms with Crippen molar-refractivity contribution >= 4 is 11.8 Å². The summed E-state index contributed by atoms with van der Waals surface area (Å²) in [5.41, 5.74) is 6.96. The third kappa shape index (κ3) is 4.04. The molecule has 1 amide bonds. The second-order valence-corrected chi connectivity index (χ2v) is 4.30. The zero-order chi connectivity index (χ0) is 15.2. The van der Waals surface area contributed by atoms with E-state index in [4.69, 9.17) is 20.3 Å².